The van der Waals surface area contributed by atoms with E-state index in [4.69, 9.17) is 20.8 Å². The lowest BCUT2D eigenvalue weighted by Gasteiger charge is -2.31. The first kappa shape index (κ1) is 21.4. The number of hydrogen-bond acceptors (Lipinski definition) is 5. The monoisotopic (exact) mass is 438 g/mol. The van der Waals surface area contributed by atoms with Gasteiger partial charge in [-0.3, -0.25) is 9.00 Å². The fourth-order valence-electron chi connectivity index (χ4n) is 3.05. The molecule has 1 aromatic heterocycles. The number of piperidine rings is 1. The van der Waals surface area contributed by atoms with Gasteiger partial charge in [0.2, 0.25) is 0 Å². The largest absolute Gasteiger partial charge is 0.455 e. The van der Waals surface area contributed by atoms with E-state index in [9.17, 15) is 13.8 Å². The van der Waals surface area contributed by atoms with Crippen LogP contribution >= 0.6 is 11.6 Å². The maximum absolute atomic E-state index is 12.4. The van der Waals surface area contributed by atoms with Gasteiger partial charge in [-0.25, -0.2) is 4.79 Å². The minimum Gasteiger partial charge on any atom is -0.455 e. The van der Waals surface area contributed by atoms with Gasteiger partial charge < -0.3 is 19.4 Å². The highest BCUT2D eigenvalue weighted by Gasteiger charge is 2.25. The van der Waals surface area contributed by atoms with Gasteiger partial charge >= 0.3 is 6.09 Å². The molecule has 0 spiro atoms. The molecule has 1 N–H and O–H groups in total. The van der Waals surface area contributed by atoms with E-state index < -0.39 is 10.8 Å². The molecular weight excluding hydrogens is 416 g/mol. The van der Waals surface area contributed by atoms with Gasteiger partial charge in [0, 0.05) is 29.0 Å². The molecule has 7 nitrogen and oxygen atoms in total. The van der Waals surface area contributed by atoms with Crippen LogP contribution in [0.5, 0.6) is 0 Å². The Kier molecular flexibility index (Phi) is 7.33. The molecule has 0 bridgehead atoms. The molecule has 1 saturated heterocycles. The number of carbonyl (C=O) groups is 2. The Morgan fingerprint density at radius 1 is 1.21 bits per heavy atom. The maximum Gasteiger partial charge on any atom is 0.409 e. The number of amides is 2. The fourth-order valence-corrected chi connectivity index (χ4v) is 4.20. The molecule has 3 rings (SSSR count). The maximum atomic E-state index is 12.4. The van der Waals surface area contributed by atoms with Crippen LogP contribution < -0.4 is 5.32 Å². The normalized spacial score (nSPS) is 15.7. The van der Waals surface area contributed by atoms with E-state index in [1.54, 1.807) is 48.2 Å². The Morgan fingerprint density at radius 3 is 2.55 bits per heavy atom. The minimum absolute atomic E-state index is 0.0371. The van der Waals surface area contributed by atoms with Crippen molar-refractivity contribution in [1.82, 2.24) is 10.2 Å². The molecule has 0 radical (unpaired) electrons. The van der Waals surface area contributed by atoms with E-state index in [1.807, 2.05) is 0 Å². The lowest BCUT2D eigenvalue weighted by molar-refractivity contribution is 0.0839. The van der Waals surface area contributed by atoms with E-state index in [0.29, 0.717) is 48.2 Å². The Labute approximate surface area is 176 Å². The van der Waals surface area contributed by atoms with Crippen molar-refractivity contribution in [2.75, 3.05) is 19.7 Å². The van der Waals surface area contributed by atoms with Crippen LogP contribution in [0.2, 0.25) is 5.02 Å². The average molecular weight is 439 g/mol. The summed E-state index contributed by atoms with van der Waals surface area (Å²) in [6.45, 7) is 3.19. The van der Waals surface area contributed by atoms with Gasteiger partial charge in [-0.05, 0) is 56.2 Å². The molecule has 2 aromatic rings. The van der Waals surface area contributed by atoms with Crippen molar-refractivity contribution < 1.29 is 23.0 Å². The van der Waals surface area contributed by atoms with Crippen molar-refractivity contribution in [3.63, 3.8) is 0 Å². The van der Waals surface area contributed by atoms with Crippen molar-refractivity contribution in [2.45, 2.75) is 36.5 Å². The van der Waals surface area contributed by atoms with E-state index in [1.165, 1.54) is 0 Å². The van der Waals surface area contributed by atoms with Crippen molar-refractivity contribution in [3.8, 4) is 0 Å². The van der Waals surface area contributed by atoms with Crippen LogP contribution in [0.15, 0.2) is 45.7 Å². The van der Waals surface area contributed by atoms with Crippen LogP contribution in [0.1, 0.15) is 36.1 Å². The molecule has 0 aliphatic carbocycles. The van der Waals surface area contributed by atoms with Crippen LogP contribution in [0, 0.1) is 0 Å². The Bertz CT molecular complexity index is 875. The zero-order valence-electron chi connectivity index (χ0n) is 16.1. The molecule has 29 heavy (non-hydrogen) atoms. The molecule has 1 atom stereocenters. The lowest BCUT2D eigenvalue weighted by atomic mass is 10.1. The van der Waals surface area contributed by atoms with E-state index in [-0.39, 0.29) is 29.6 Å². The molecule has 1 aliphatic rings. The van der Waals surface area contributed by atoms with Crippen LogP contribution in [-0.2, 0) is 21.3 Å². The Morgan fingerprint density at radius 2 is 1.90 bits per heavy atom. The Hall–Kier alpha value is -2.32. The number of furan rings is 1. The summed E-state index contributed by atoms with van der Waals surface area (Å²) in [6, 6.07) is 9.98. The van der Waals surface area contributed by atoms with Crippen LogP contribution in [0.25, 0.3) is 0 Å². The number of rotatable bonds is 6. The van der Waals surface area contributed by atoms with Gasteiger partial charge in [-0.2, -0.15) is 0 Å². The van der Waals surface area contributed by atoms with Crippen molar-refractivity contribution in [2.24, 2.45) is 0 Å². The standard InChI is InChI=1S/C20H23ClN2O5S/c1-2-27-20(25)23-11-9-15(10-12-23)22-19(24)18-8-5-16(28-18)13-29(26)17-6-3-14(21)4-7-17/h3-8,15H,2,9-13H2,1H3,(H,22,24)/t29-/m0/s1. The highest BCUT2D eigenvalue weighted by atomic mass is 35.5. The summed E-state index contributed by atoms with van der Waals surface area (Å²) in [5.41, 5.74) is 0. The first-order valence-corrected chi connectivity index (χ1v) is 11.1. The van der Waals surface area contributed by atoms with Gasteiger partial charge in [-0.1, -0.05) is 11.6 Å². The highest BCUT2D eigenvalue weighted by Crippen LogP contribution is 2.18. The third-order valence-corrected chi connectivity index (χ3v) is 6.19. The number of halogens is 1. The van der Waals surface area contributed by atoms with Crippen LogP contribution in [0.3, 0.4) is 0 Å². The van der Waals surface area contributed by atoms with Crippen molar-refractivity contribution in [3.05, 3.63) is 52.9 Å². The lowest BCUT2D eigenvalue weighted by Crippen LogP contribution is -2.46. The van der Waals surface area contributed by atoms with Gasteiger partial charge in [-0.15, -0.1) is 0 Å². The summed E-state index contributed by atoms with van der Waals surface area (Å²) in [4.78, 5) is 26.5. The van der Waals surface area contributed by atoms with Gasteiger partial charge in [0.05, 0.1) is 23.2 Å². The fraction of sp³-hybridized carbons (Fsp3) is 0.400. The molecule has 156 valence electrons. The molecule has 1 fully saturated rings. The summed E-state index contributed by atoms with van der Waals surface area (Å²) in [6.07, 6.45) is 0.985. The Balaban J connectivity index is 1.50. The minimum atomic E-state index is -1.29. The van der Waals surface area contributed by atoms with Gasteiger partial charge in [0.15, 0.2) is 5.76 Å². The third-order valence-electron chi connectivity index (χ3n) is 4.59. The number of nitrogens with zero attached hydrogens (tertiary/aromatic N) is 1. The summed E-state index contributed by atoms with van der Waals surface area (Å²) in [5.74, 6) is 0.511. The number of hydrogen-bond donors (Lipinski definition) is 1. The number of nitrogens with one attached hydrogen (secondary N) is 1. The second kappa shape index (κ2) is 9.93. The molecule has 2 heterocycles. The topological polar surface area (TPSA) is 88.9 Å². The number of benzene rings is 1. The summed E-state index contributed by atoms with van der Waals surface area (Å²) >= 11 is 5.84. The molecule has 0 unspecified atom stereocenters. The highest BCUT2D eigenvalue weighted by molar-refractivity contribution is 7.84. The van der Waals surface area contributed by atoms with Gasteiger partial charge in [0.25, 0.3) is 5.91 Å². The number of ether oxygens (including phenoxy) is 1. The quantitative estimate of drug-likeness (QED) is 0.744. The van der Waals surface area contributed by atoms with Crippen LogP contribution in [-0.4, -0.2) is 46.8 Å². The molecule has 0 saturated carbocycles. The average Bonchev–Trinajstić information content (AvgIpc) is 3.18. The van der Waals surface area contributed by atoms with E-state index in [2.05, 4.69) is 5.32 Å². The first-order chi connectivity index (χ1) is 14.0. The summed E-state index contributed by atoms with van der Waals surface area (Å²) in [5, 5.41) is 3.51. The van der Waals surface area contributed by atoms with Crippen LogP contribution in [0.4, 0.5) is 4.79 Å². The van der Waals surface area contributed by atoms with Gasteiger partial charge in [0.1, 0.15) is 5.76 Å². The smallest absolute Gasteiger partial charge is 0.409 e. The second-order valence-electron chi connectivity index (χ2n) is 6.64. The number of carbonyl (C=O) groups excluding carboxylic acids is 2. The zero-order valence-corrected chi connectivity index (χ0v) is 17.6. The molecular formula is C20H23ClN2O5S. The predicted octanol–water partition coefficient (Wildman–Crippen LogP) is 3.59. The zero-order chi connectivity index (χ0) is 20.8. The first-order valence-electron chi connectivity index (χ1n) is 9.41. The summed E-state index contributed by atoms with van der Waals surface area (Å²) < 4.78 is 23.0. The van der Waals surface area contributed by atoms with Crippen molar-refractivity contribution in [1.29, 1.82) is 0 Å². The van der Waals surface area contributed by atoms with E-state index >= 15 is 0 Å². The second-order valence-corrected chi connectivity index (χ2v) is 8.53. The predicted molar refractivity (Wildman–Crippen MR) is 109 cm³/mol. The number of likely N-dealkylation sites (tertiary alicyclic amines) is 1. The molecule has 9 heteroatoms. The molecule has 2 amide bonds. The molecule has 1 aliphatic heterocycles. The van der Waals surface area contributed by atoms with Crippen molar-refractivity contribution >= 4 is 34.4 Å². The molecule has 1 aromatic carbocycles. The van der Waals surface area contributed by atoms with E-state index in [0.717, 1.165) is 0 Å². The SMILES string of the molecule is CCOC(=O)N1CCC(NC(=O)c2ccc(C[S@](=O)c3ccc(Cl)cc3)o2)CC1. The third kappa shape index (κ3) is 5.83. The summed E-state index contributed by atoms with van der Waals surface area (Å²) in [7, 11) is -1.29.